The maximum atomic E-state index is 11.9. The van der Waals surface area contributed by atoms with Gasteiger partial charge in [-0.25, -0.2) is 9.50 Å². The summed E-state index contributed by atoms with van der Waals surface area (Å²) in [5.41, 5.74) is 2.23. The van der Waals surface area contributed by atoms with Crippen molar-refractivity contribution in [1.29, 1.82) is 0 Å². The number of amides is 1. The molecule has 4 rings (SSSR count). The van der Waals surface area contributed by atoms with Crippen LogP contribution in [0.1, 0.15) is 19.8 Å². The molecule has 1 fully saturated rings. The molecular weight excluding hydrogens is 344 g/mol. The molecule has 0 bridgehead atoms. The average molecular weight is 366 g/mol. The van der Waals surface area contributed by atoms with E-state index >= 15 is 0 Å². The van der Waals surface area contributed by atoms with E-state index in [1.165, 1.54) is 6.08 Å². The van der Waals surface area contributed by atoms with E-state index in [1.807, 2.05) is 25.5 Å². The van der Waals surface area contributed by atoms with Gasteiger partial charge < -0.3 is 9.64 Å². The molecule has 0 radical (unpaired) electrons. The standard InChI is InChI=1S/C19H22N6O2/c1-5-17(26)24(4)19(2)8-14(9-19)27-18-16-6-7-20-25(16)12-15(22-18)13-10-21-23(3)11-13/h5-7,10-12,14H,1,8-9H2,2-4H3. The highest BCUT2D eigenvalue weighted by Crippen LogP contribution is 2.40. The molecule has 0 aliphatic heterocycles. The maximum Gasteiger partial charge on any atom is 0.246 e. The number of carbonyl (C=O) groups is 1. The van der Waals surface area contributed by atoms with Crippen LogP contribution in [0.15, 0.2) is 43.5 Å². The summed E-state index contributed by atoms with van der Waals surface area (Å²) in [5.74, 6) is 0.462. The Balaban J connectivity index is 1.57. The predicted molar refractivity (Wildman–Crippen MR) is 100 cm³/mol. The third-order valence-corrected chi connectivity index (χ3v) is 5.28. The monoisotopic (exact) mass is 366 g/mol. The third-order valence-electron chi connectivity index (χ3n) is 5.28. The van der Waals surface area contributed by atoms with Crippen molar-refractivity contribution in [1.82, 2.24) is 29.3 Å². The van der Waals surface area contributed by atoms with E-state index in [1.54, 1.807) is 33.5 Å². The largest absolute Gasteiger partial charge is 0.473 e. The first-order valence-corrected chi connectivity index (χ1v) is 8.80. The Hall–Kier alpha value is -3.16. The molecule has 8 nitrogen and oxygen atoms in total. The van der Waals surface area contributed by atoms with Crippen LogP contribution < -0.4 is 4.74 Å². The van der Waals surface area contributed by atoms with E-state index < -0.39 is 0 Å². The SMILES string of the molecule is C=CC(=O)N(C)C1(C)CC(Oc2nc(-c3cnn(C)c3)cn3nccc23)C1. The fourth-order valence-corrected chi connectivity index (χ4v) is 3.52. The Morgan fingerprint density at radius 1 is 1.41 bits per heavy atom. The van der Waals surface area contributed by atoms with Crippen LogP contribution in [0.5, 0.6) is 5.88 Å². The normalized spacial score (nSPS) is 21.7. The highest BCUT2D eigenvalue weighted by molar-refractivity contribution is 5.87. The number of nitrogens with zero attached hydrogens (tertiary/aromatic N) is 6. The lowest BCUT2D eigenvalue weighted by atomic mass is 9.74. The fraction of sp³-hybridized carbons (Fsp3) is 0.368. The molecule has 0 aromatic carbocycles. The molecule has 0 N–H and O–H groups in total. The number of carbonyl (C=O) groups excluding carboxylic acids is 1. The van der Waals surface area contributed by atoms with Gasteiger partial charge in [0.05, 0.1) is 24.3 Å². The molecule has 27 heavy (non-hydrogen) atoms. The van der Waals surface area contributed by atoms with E-state index in [0.29, 0.717) is 5.88 Å². The number of rotatable bonds is 5. The van der Waals surface area contributed by atoms with Crippen LogP contribution in [0.4, 0.5) is 0 Å². The Labute approximate surface area is 157 Å². The quantitative estimate of drug-likeness (QED) is 0.646. The van der Waals surface area contributed by atoms with Gasteiger partial charge in [0.2, 0.25) is 11.8 Å². The first-order valence-electron chi connectivity index (χ1n) is 8.80. The van der Waals surface area contributed by atoms with Crippen molar-refractivity contribution in [3.05, 3.63) is 43.5 Å². The van der Waals surface area contributed by atoms with Gasteiger partial charge in [-0.3, -0.25) is 9.48 Å². The zero-order valence-electron chi connectivity index (χ0n) is 15.7. The van der Waals surface area contributed by atoms with Crippen molar-refractivity contribution in [3.8, 4) is 17.1 Å². The van der Waals surface area contributed by atoms with Crippen LogP contribution in [0.2, 0.25) is 0 Å². The second kappa shape index (κ2) is 6.22. The van der Waals surface area contributed by atoms with Crippen LogP contribution in [-0.2, 0) is 11.8 Å². The number of likely N-dealkylation sites (N-methyl/N-ethyl adjacent to an activating group) is 1. The zero-order valence-corrected chi connectivity index (χ0v) is 15.7. The Morgan fingerprint density at radius 2 is 2.19 bits per heavy atom. The average Bonchev–Trinajstić information content (AvgIpc) is 3.27. The second-order valence-electron chi connectivity index (χ2n) is 7.24. The number of fused-ring (bicyclic) bond motifs is 1. The highest BCUT2D eigenvalue weighted by atomic mass is 16.5. The van der Waals surface area contributed by atoms with Gasteiger partial charge >= 0.3 is 0 Å². The predicted octanol–water partition coefficient (Wildman–Crippen LogP) is 2.07. The molecule has 3 aromatic heterocycles. The van der Waals surface area contributed by atoms with Gasteiger partial charge in [0, 0.05) is 44.2 Å². The Kier molecular flexibility index (Phi) is 3.98. The van der Waals surface area contributed by atoms with Crippen LogP contribution in [0, 0.1) is 0 Å². The van der Waals surface area contributed by atoms with Crippen molar-refractivity contribution in [2.45, 2.75) is 31.4 Å². The van der Waals surface area contributed by atoms with Crippen molar-refractivity contribution in [2.24, 2.45) is 7.05 Å². The molecule has 1 aliphatic carbocycles. The topological polar surface area (TPSA) is 77.6 Å². The molecule has 3 aromatic rings. The number of hydrogen-bond acceptors (Lipinski definition) is 5. The summed E-state index contributed by atoms with van der Waals surface area (Å²) in [6.07, 6.45) is 10.1. The Morgan fingerprint density at radius 3 is 2.85 bits per heavy atom. The summed E-state index contributed by atoms with van der Waals surface area (Å²) in [6, 6.07) is 1.88. The van der Waals surface area contributed by atoms with Gasteiger partial charge in [-0.1, -0.05) is 6.58 Å². The van der Waals surface area contributed by atoms with Gasteiger partial charge in [0.25, 0.3) is 0 Å². The molecule has 140 valence electrons. The van der Waals surface area contributed by atoms with Gasteiger partial charge in [-0.2, -0.15) is 10.2 Å². The molecule has 0 spiro atoms. The zero-order chi connectivity index (χ0) is 19.2. The number of ether oxygens (including phenoxy) is 1. The lowest BCUT2D eigenvalue weighted by Gasteiger charge is -2.49. The van der Waals surface area contributed by atoms with Crippen LogP contribution in [0.25, 0.3) is 16.8 Å². The van der Waals surface area contributed by atoms with Crippen LogP contribution >= 0.6 is 0 Å². The first kappa shape index (κ1) is 17.3. The summed E-state index contributed by atoms with van der Waals surface area (Å²) in [4.78, 5) is 18.3. The summed E-state index contributed by atoms with van der Waals surface area (Å²) in [6.45, 7) is 5.62. The minimum atomic E-state index is -0.229. The molecule has 1 aliphatic rings. The van der Waals surface area contributed by atoms with Gasteiger partial charge in [-0.15, -0.1) is 0 Å². The van der Waals surface area contributed by atoms with Crippen LogP contribution in [-0.4, -0.2) is 53.9 Å². The lowest BCUT2D eigenvalue weighted by Crippen LogP contribution is -2.59. The first-order chi connectivity index (χ1) is 12.9. The molecule has 8 heteroatoms. The minimum absolute atomic E-state index is 0.00888. The Bertz CT molecular complexity index is 1010. The van der Waals surface area contributed by atoms with E-state index in [0.717, 1.165) is 29.6 Å². The van der Waals surface area contributed by atoms with Crippen molar-refractivity contribution >= 4 is 11.4 Å². The second-order valence-corrected chi connectivity index (χ2v) is 7.24. The summed E-state index contributed by atoms with van der Waals surface area (Å²) >= 11 is 0. The molecule has 0 atom stereocenters. The smallest absolute Gasteiger partial charge is 0.246 e. The summed E-state index contributed by atoms with van der Waals surface area (Å²) in [5, 5.41) is 8.52. The lowest BCUT2D eigenvalue weighted by molar-refractivity contribution is -0.137. The summed E-state index contributed by atoms with van der Waals surface area (Å²) < 4.78 is 9.68. The minimum Gasteiger partial charge on any atom is -0.473 e. The van der Waals surface area contributed by atoms with E-state index in [4.69, 9.17) is 4.74 Å². The summed E-state index contributed by atoms with van der Waals surface area (Å²) in [7, 11) is 3.67. The third kappa shape index (κ3) is 2.97. The van der Waals surface area contributed by atoms with Gasteiger partial charge in [0.15, 0.2) is 0 Å². The number of hydrogen-bond donors (Lipinski definition) is 0. The van der Waals surface area contributed by atoms with Crippen LogP contribution in [0.3, 0.4) is 0 Å². The van der Waals surface area contributed by atoms with E-state index in [2.05, 4.69) is 28.7 Å². The molecule has 0 unspecified atom stereocenters. The molecule has 0 saturated heterocycles. The van der Waals surface area contributed by atoms with Gasteiger partial charge in [0.1, 0.15) is 11.6 Å². The van der Waals surface area contributed by atoms with Crippen molar-refractivity contribution in [2.75, 3.05) is 7.05 Å². The molecule has 1 saturated carbocycles. The fourth-order valence-electron chi connectivity index (χ4n) is 3.52. The van der Waals surface area contributed by atoms with Crippen molar-refractivity contribution < 1.29 is 9.53 Å². The number of aryl methyl sites for hydroxylation is 1. The number of aromatic nitrogens is 5. The van der Waals surface area contributed by atoms with E-state index in [9.17, 15) is 4.79 Å². The van der Waals surface area contributed by atoms with Gasteiger partial charge in [-0.05, 0) is 19.1 Å². The molecule has 1 amide bonds. The highest BCUT2D eigenvalue weighted by Gasteiger charge is 2.46. The molecule has 3 heterocycles. The van der Waals surface area contributed by atoms with E-state index in [-0.39, 0.29) is 17.6 Å². The molecular formula is C19H22N6O2. The van der Waals surface area contributed by atoms with Crippen molar-refractivity contribution in [3.63, 3.8) is 0 Å². The maximum absolute atomic E-state index is 11.9.